The Morgan fingerprint density at radius 2 is 1.60 bits per heavy atom. The summed E-state index contributed by atoms with van der Waals surface area (Å²) in [5.74, 6) is -2.11. The van der Waals surface area contributed by atoms with Crippen LogP contribution in [-0.2, 0) is 0 Å². The van der Waals surface area contributed by atoms with E-state index < -0.39 is 5.92 Å². The van der Waals surface area contributed by atoms with E-state index in [-0.39, 0.29) is 24.7 Å². The van der Waals surface area contributed by atoms with Crippen molar-refractivity contribution in [3.05, 3.63) is 0 Å². The van der Waals surface area contributed by atoms with Gasteiger partial charge < -0.3 is 0 Å². The second-order valence-corrected chi connectivity index (χ2v) is 4.84. The van der Waals surface area contributed by atoms with Crippen LogP contribution in [0.3, 0.4) is 0 Å². The number of halogens is 2. The minimum atomic E-state index is -2.45. The molecule has 0 amide bonds. The molecule has 0 rings (SSSR count). The molecule has 0 N–H and O–H groups in total. The maximum atomic E-state index is 13.6. The maximum absolute atomic E-state index is 13.6. The first-order valence-corrected chi connectivity index (χ1v) is 6.32. The number of rotatable bonds is 8. The fourth-order valence-corrected chi connectivity index (χ4v) is 2.02. The molecule has 0 heterocycles. The topological polar surface area (TPSA) is 0 Å². The Hall–Kier alpha value is -0.140. The van der Waals surface area contributed by atoms with Gasteiger partial charge in [0.05, 0.1) is 0 Å². The average molecular weight is 220 g/mol. The summed E-state index contributed by atoms with van der Waals surface area (Å²) >= 11 is 0. The first-order chi connectivity index (χ1) is 6.95. The van der Waals surface area contributed by atoms with Crippen LogP contribution in [0, 0.1) is 11.8 Å². The lowest BCUT2D eigenvalue weighted by molar-refractivity contribution is -0.0444. The lowest BCUT2D eigenvalue weighted by atomic mass is 9.89. The van der Waals surface area contributed by atoms with Crippen LogP contribution < -0.4 is 0 Å². The molecular weight excluding hydrogens is 194 g/mol. The zero-order chi connectivity index (χ0) is 11.9. The summed E-state index contributed by atoms with van der Waals surface area (Å²) in [5, 5.41) is 0. The van der Waals surface area contributed by atoms with E-state index in [9.17, 15) is 8.78 Å². The van der Waals surface area contributed by atoms with Gasteiger partial charge in [-0.15, -0.1) is 0 Å². The Balaban J connectivity index is 4.08. The van der Waals surface area contributed by atoms with Gasteiger partial charge in [0.15, 0.2) is 0 Å². The average Bonchev–Trinajstić information content (AvgIpc) is 2.15. The van der Waals surface area contributed by atoms with Gasteiger partial charge in [-0.25, -0.2) is 8.78 Å². The van der Waals surface area contributed by atoms with Crippen molar-refractivity contribution in [2.45, 2.75) is 72.1 Å². The van der Waals surface area contributed by atoms with Crippen LogP contribution in [0.2, 0.25) is 0 Å². The Kier molecular flexibility index (Phi) is 7.12. The Morgan fingerprint density at radius 1 is 1.00 bits per heavy atom. The summed E-state index contributed by atoms with van der Waals surface area (Å²) in [6.07, 6.45) is 3.82. The highest BCUT2D eigenvalue weighted by atomic mass is 19.3. The molecule has 0 fully saturated rings. The highest BCUT2D eigenvalue weighted by molar-refractivity contribution is 4.73. The second-order valence-electron chi connectivity index (χ2n) is 4.84. The third-order valence-electron chi connectivity index (χ3n) is 3.21. The summed E-state index contributed by atoms with van der Waals surface area (Å²) in [7, 11) is 0. The number of hydrogen-bond donors (Lipinski definition) is 0. The summed E-state index contributed by atoms with van der Waals surface area (Å²) in [6.45, 7) is 7.97. The van der Waals surface area contributed by atoms with Crippen LogP contribution in [0.5, 0.6) is 0 Å². The van der Waals surface area contributed by atoms with E-state index in [2.05, 4.69) is 6.92 Å². The van der Waals surface area contributed by atoms with Gasteiger partial charge in [0, 0.05) is 12.8 Å². The molecule has 15 heavy (non-hydrogen) atoms. The molecule has 92 valence electrons. The van der Waals surface area contributed by atoms with Gasteiger partial charge >= 0.3 is 0 Å². The molecule has 0 spiro atoms. The van der Waals surface area contributed by atoms with Crippen LogP contribution in [0.1, 0.15) is 66.2 Å². The zero-order valence-corrected chi connectivity index (χ0v) is 10.7. The second kappa shape index (κ2) is 7.19. The predicted octanol–water partition coefficient (Wildman–Crippen LogP) is 5.27. The van der Waals surface area contributed by atoms with Crippen molar-refractivity contribution < 1.29 is 8.78 Å². The lowest BCUT2D eigenvalue weighted by Crippen LogP contribution is -2.23. The molecule has 0 aromatic rings. The van der Waals surface area contributed by atoms with Crippen molar-refractivity contribution in [1.82, 2.24) is 0 Å². The standard InChI is InChI=1S/C13H26F2/c1-5-8-12(7-3)10-13(14,15)9-11(4)6-2/h11-12H,5-10H2,1-4H3. The van der Waals surface area contributed by atoms with E-state index in [0.29, 0.717) is 0 Å². The molecular formula is C13H26F2. The van der Waals surface area contributed by atoms with Crippen LogP contribution in [0.4, 0.5) is 8.78 Å². The molecule has 0 aliphatic carbocycles. The highest BCUT2D eigenvalue weighted by Crippen LogP contribution is 2.34. The van der Waals surface area contributed by atoms with Crippen molar-refractivity contribution in [2.24, 2.45) is 11.8 Å². The van der Waals surface area contributed by atoms with E-state index in [4.69, 9.17) is 0 Å². The summed E-state index contributed by atoms with van der Waals surface area (Å²) in [6, 6.07) is 0. The smallest absolute Gasteiger partial charge is 0.207 e. The number of alkyl halides is 2. The molecule has 0 aliphatic rings. The van der Waals surface area contributed by atoms with E-state index in [1.165, 1.54) is 0 Å². The van der Waals surface area contributed by atoms with E-state index in [1.54, 1.807) is 0 Å². The van der Waals surface area contributed by atoms with E-state index in [1.807, 2.05) is 20.8 Å². The van der Waals surface area contributed by atoms with E-state index in [0.717, 1.165) is 25.7 Å². The van der Waals surface area contributed by atoms with Gasteiger partial charge in [-0.05, 0) is 11.8 Å². The molecule has 0 aromatic heterocycles. The normalized spacial score (nSPS) is 16.4. The highest BCUT2D eigenvalue weighted by Gasteiger charge is 2.32. The molecule has 0 saturated heterocycles. The van der Waals surface area contributed by atoms with Crippen molar-refractivity contribution in [3.8, 4) is 0 Å². The van der Waals surface area contributed by atoms with Crippen molar-refractivity contribution in [1.29, 1.82) is 0 Å². The molecule has 0 aliphatic heterocycles. The number of hydrogen-bond acceptors (Lipinski definition) is 0. The van der Waals surface area contributed by atoms with Gasteiger partial charge in [-0.1, -0.05) is 53.4 Å². The molecule has 0 radical (unpaired) electrons. The van der Waals surface area contributed by atoms with Gasteiger partial charge in [0.25, 0.3) is 0 Å². The first-order valence-electron chi connectivity index (χ1n) is 6.32. The Bertz CT molecular complexity index is 155. The van der Waals surface area contributed by atoms with Crippen molar-refractivity contribution in [2.75, 3.05) is 0 Å². The third-order valence-corrected chi connectivity index (χ3v) is 3.21. The van der Waals surface area contributed by atoms with Gasteiger partial charge in [-0.3, -0.25) is 0 Å². The monoisotopic (exact) mass is 220 g/mol. The summed E-state index contributed by atoms with van der Waals surface area (Å²) < 4.78 is 27.2. The molecule has 0 aromatic carbocycles. The predicted molar refractivity (Wildman–Crippen MR) is 62.3 cm³/mol. The van der Waals surface area contributed by atoms with Gasteiger partial charge in [0.1, 0.15) is 0 Å². The van der Waals surface area contributed by atoms with Crippen molar-refractivity contribution >= 4 is 0 Å². The van der Waals surface area contributed by atoms with E-state index >= 15 is 0 Å². The van der Waals surface area contributed by atoms with Crippen LogP contribution >= 0.6 is 0 Å². The zero-order valence-electron chi connectivity index (χ0n) is 10.7. The fraction of sp³-hybridized carbons (Fsp3) is 1.00. The molecule has 0 bridgehead atoms. The minimum Gasteiger partial charge on any atom is -0.207 e. The van der Waals surface area contributed by atoms with Gasteiger partial charge in [0.2, 0.25) is 5.92 Å². The molecule has 2 atom stereocenters. The molecule has 2 heteroatoms. The third kappa shape index (κ3) is 6.86. The Morgan fingerprint density at radius 3 is 2.00 bits per heavy atom. The lowest BCUT2D eigenvalue weighted by Gasteiger charge is -2.24. The largest absolute Gasteiger partial charge is 0.248 e. The molecule has 0 nitrogen and oxygen atoms in total. The summed E-state index contributed by atoms with van der Waals surface area (Å²) in [4.78, 5) is 0. The SMILES string of the molecule is CCCC(CC)CC(F)(F)CC(C)CC. The Labute approximate surface area is 93.4 Å². The quantitative estimate of drug-likeness (QED) is 0.522. The van der Waals surface area contributed by atoms with Crippen LogP contribution in [-0.4, -0.2) is 5.92 Å². The molecule has 0 saturated carbocycles. The minimum absolute atomic E-state index is 0.0592. The first kappa shape index (κ1) is 14.9. The maximum Gasteiger partial charge on any atom is 0.248 e. The van der Waals surface area contributed by atoms with Crippen LogP contribution in [0.15, 0.2) is 0 Å². The van der Waals surface area contributed by atoms with Gasteiger partial charge in [-0.2, -0.15) is 0 Å². The summed E-state index contributed by atoms with van der Waals surface area (Å²) in [5.41, 5.74) is 0. The fourth-order valence-electron chi connectivity index (χ4n) is 2.02. The van der Waals surface area contributed by atoms with Crippen molar-refractivity contribution in [3.63, 3.8) is 0 Å². The molecule has 2 unspecified atom stereocenters. The van der Waals surface area contributed by atoms with Crippen LogP contribution in [0.25, 0.3) is 0 Å².